The molecule has 0 radical (unpaired) electrons. The molecule has 1 amide bonds. The van der Waals surface area contributed by atoms with Crippen LogP contribution in [0.15, 0.2) is 42.5 Å². The zero-order valence-electron chi connectivity index (χ0n) is 12.2. The molecule has 2 aromatic rings. The molecule has 0 unspecified atom stereocenters. The molecular weight excluding hydrogens is 267 g/mol. The van der Waals surface area contributed by atoms with Gasteiger partial charge in [0.2, 0.25) is 5.91 Å². The van der Waals surface area contributed by atoms with Crippen LogP contribution in [0, 0.1) is 19.7 Å². The van der Waals surface area contributed by atoms with Crippen LogP contribution in [0.5, 0.6) is 0 Å². The number of benzene rings is 2. The molecule has 0 saturated heterocycles. The fraction of sp³-hybridized carbons (Fsp3) is 0.235. The van der Waals surface area contributed by atoms with E-state index in [0.717, 1.165) is 22.4 Å². The number of nitrogens with one attached hydrogen (secondary N) is 2. The third-order valence-electron chi connectivity index (χ3n) is 3.20. The molecule has 0 heterocycles. The maximum atomic E-state index is 12.8. The zero-order valence-corrected chi connectivity index (χ0v) is 12.2. The summed E-state index contributed by atoms with van der Waals surface area (Å²) in [6.45, 7) is 4.69. The highest BCUT2D eigenvalue weighted by Crippen LogP contribution is 2.15. The minimum atomic E-state index is -0.258. The predicted molar refractivity (Wildman–Crippen MR) is 82.7 cm³/mol. The number of hydrogen-bond donors (Lipinski definition) is 2. The van der Waals surface area contributed by atoms with Crippen LogP contribution in [-0.4, -0.2) is 12.5 Å². The topological polar surface area (TPSA) is 41.1 Å². The van der Waals surface area contributed by atoms with Crippen molar-refractivity contribution < 1.29 is 9.18 Å². The Bertz CT molecular complexity index is 623. The van der Waals surface area contributed by atoms with Crippen molar-refractivity contribution >= 4 is 11.6 Å². The van der Waals surface area contributed by atoms with Gasteiger partial charge in [-0.15, -0.1) is 0 Å². The number of hydrogen-bond acceptors (Lipinski definition) is 2. The largest absolute Gasteiger partial charge is 0.325 e. The lowest BCUT2D eigenvalue weighted by molar-refractivity contribution is -0.115. The summed E-state index contributed by atoms with van der Waals surface area (Å²) in [4.78, 5) is 11.9. The lowest BCUT2D eigenvalue weighted by atomic mass is 10.1. The molecule has 0 aliphatic rings. The smallest absolute Gasteiger partial charge is 0.238 e. The van der Waals surface area contributed by atoms with Crippen LogP contribution >= 0.6 is 0 Å². The van der Waals surface area contributed by atoms with Crippen LogP contribution in [0.1, 0.15) is 16.7 Å². The third kappa shape index (κ3) is 4.68. The fourth-order valence-electron chi connectivity index (χ4n) is 1.99. The van der Waals surface area contributed by atoms with Crippen LogP contribution in [0.4, 0.5) is 10.1 Å². The Balaban J connectivity index is 1.82. The summed E-state index contributed by atoms with van der Waals surface area (Å²) < 4.78 is 12.8. The summed E-state index contributed by atoms with van der Waals surface area (Å²) in [6, 6.07) is 12.2. The minimum absolute atomic E-state index is 0.0918. The summed E-state index contributed by atoms with van der Waals surface area (Å²) in [5.41, 5.74) is 3.92. The lowest BCUT2D eigenvalue weighted by Crippen LogP contribution is -2.28. The van der Waals surface area contributed by atoms with Crippen molar-refractivity contribution in [3.8, 4) is 0 Å². The van der Waals surface area contributed by atoms with Gasteiger partial charge in [0.25, 0.3) is 0 Å². The lowest BCUT2D eigenvalue weighted by Gasteiger charge is -2.10. The maximum absolute atomic E-state index is 12.8. The standard InChI is InChI=1S/C17H19FN2O/c1-12-3-4-13(2)16(9-12)20-17(21)11-19-10-14-5-7-15(18)8-6-14/h3-9,19H,10-11H2,1-2H3,(H,20,21). The first-order valence-corrected chi connectivity index (χ1v) is 6.87. The Morgan fingerprint density at radius 1 is 1.10 bits per heavy atom. The van der Waals surface area contributed by atoms with Crippen LogP contribution in [0.3, 0.4) is 0 Å². The van der Waals surface area contributed by atoms with Crippen molar-refractivity contribution in [3.63, 3.8) is 0 Å². The Kier molecular flexibility index (Phi) is 5.06. The van der Waals surface area contributed by atoms with Gasteiger partial charge in [-0.3, -0.25) is 4.79 Å². The fourth-order valence-corrected chi connectivity index (χ4v) is 1.99. The highest BCUT2D eigenvalue weighted by Gasteiger charge is 2.04. The quantitative estimate of drug-likeness (QED) is 0.886. The van der Waals surface area contributed by atoms with Crippen molar-refractivity contribution in [2.75, 3.05) is 11.9 Å². The Labute approximate surface area is 124 Å². The normalized spacial score (nSPS) is 10.4. The summed E-state index contributed by atoms with van der Waals surface area (Å²) in [5, 5.41) is 5.93. The molecule has 0 bridgehead atoms. The first kappa shape index (κ1) is 15.2. The zero-order chi connectivity index (χ0) is 15.2. The number of amides is 1. The van der Waals surface area contributed by atoms with E-state index in [1.165, 1.54) is 12.1 Å². The molecule has 3 nitrogen and oxygen atoms in total. The molecule has 0 saturated carbocycles. The number of aryl methyl sites for hydroxylation is 2. The highest BCUT2D eigenvalue weighted by molar-refractivity contribution is 5.93. The Morgan fingerprint density at radius 2 is 1.81 bits per heavy atom. The second-order valence-electron chi connectivity index (χ2n) is 5.10. The Hall–Kier alpha value is -2.20. The van der Waals surface area contributed by atoms with E-state index in [4.69, 9.17) is 0 Å². The van der Waals surface area contributed by atoms with Crippen molar-refractivity contribution in [2.45, 2.75) is 20.4 Å². The highest BCUT2D eigenvalue weighted by atomic mass is 19.1. The monoisotopic (exact) mass is 286 g/mol. The van der Waals surface area contributed by atoms with Gasteiger partial charge in [-0.25, -0.2) is 4.39 Å². The van der Waals surface area contributed by atoms with E-state index in [2.05, 4.69) is 10.6 Å². The van der Waals surface area contributed by atoms with Crippen LogP contribution in [0.25, 0.3) is 0 Å². The predicted octanol–water partition coefficient (Wildman–Crippen LogP) is 3.17. The van der Waals surface area contributed by atoms with E-state index in [-0.39, 0.29) is 18.3 Å². The van der Waals surface area contributed by atoms with Crippen molar-refractivity contribution in [2.24, 2.45) is 0 Å². The van der Waals surface area contributed by atoms with Crippen LogP contribution < -0.4 is 10.6 Å². The van der Waals surface area contributed by atoms with Crippen LogP contribution in [0.2, 0.25) is 0 Å². The molecule has 2 aromatic carbocycles. The molecule has 0 fully saturated rings. The SMILES string of the molecule is Cc1ccc(C)c(NC(=O)CNCc2ccc(F)cc2)c1. The van der Waals surface area contributed by atoms with Crippen molar-refractivity contribution in [1.29, 1.82) is 0 Å². The first-order chi connectivity index (χ1) is 10.0. The van der Waals surface area contributed by atoms with E-state index in [1.807, 2.05) is 32.0 Å². The van der Waals surface area contributed by atoms with Crippen molar-refractivity contribution in [3.05, 3.63) is 65.0 Å². The molecule has 21 heavy (non-hydrogen) atoms. The van der Waals surface area contributed by atoms with Gasteiger partial charge in [0.1, 0.15) is 5.82 Å². The Morgan fingerprint density at radius 3 is 2.52 bits per heavy atom. The van der Waals surface area contributed by atoms with Gasteiger partial charge in [0.15, 0.2) is 0 Å². The van der Waals surface area contributed by atoms with E-state index in [9.17, 15) is 9.18 Å². The summed E-state index contributed by atoms with van der Waals surface area (Å²) in [6.07, 6.45) is 0. The molecule has 0 spiro atoms. The number of carbonyl (C=O) groups is 1. The van der Waals surface area contributed by atoms with Crippen LogP contribution in [-0.2, 0) is 11.3 Å². The third-order valence-corrected chi connectivity index (χ3v) is 3.20. The molecule has 2 N–H and O–H groups in total. The number of carbonyl (C=O) groups excluding carboxylic acids is 1. The molecule has 0 aliphatic carbocycles. The number of halogens is 1. The van der Waals surface area contributed by atoms with Gasteiger partial charge in [0, 0.05) is 12.2 Å². The molecule has 2 rings (SSSR count). The van der Waals surface area contributed by atoms with E-state index in [1.54, 1.807) is 12.1 Å². The van der Waals surface area contributed by atoms with E-state index in [0.29, 0.717) is 6.54 Å². The van der Waals surface area contributed by atoms with Crippen molar-refractivity contribution in [1.82, 2.24) is 5.32 Å². The molecular formula is C17H19FN2O. The summed E-state index contributed by atoms with van der Waals surface area (Å²) in [7, 11) is 0. The van der Waals surface area contributed by atoms with Gasteiger partial charge in [0.05, 0.1) is 6.54 Å². The number of rotatable bonds is 5. The van der Waals surface area contributed by atoms with Gasteiger partial charge in [-0.05, 0) is 48.7 Å². The summed E-state index contributed by atoms with van der Waals surface area (Å²) >= 11 is 0. The second kappa shape index (κ2) is 6.99. The second-order valence-corrected chi connectivity index (χ2v) is 5.10. The van der Waals surface area contributed by atoms with Gasteiger partial charge in [-0.2, -0.15) is 0 Å². The average Bonchev–Trinajstić information content (AvgIpc) is 2.45. The molecule has 0 atom stereocenters. The van der Waals surface area contributed by atoms with Gasteiger partial charge in [-0.1, -0.05) is 24.3 Å². The summed E-state index contributed by atoms with van der Waals surface area (Å²) in [5.74, 6) is -0.350. The average molecular weight is 286 g/mol. The van der Waals surface area contributed by atoms with E-state index < -0.39 is 0 Å². The molecule has 0 aliphatic heterocycles. The minimum Gasteiger partial charge on any atom is -0.325 e. The van der Waals surface area contributed by atoms with Gasteiger partial charge < -0.3 is 10.6 Å². The first-order valence-electron chi connectivity index (χ1n) is 6.87. The molecule has 0 aromatic heterocycles. The molecule has 110 valence electrons. The number of anilines is 1. The molecule has 4 heteroatoms. The van der Waals surface area contributed by atoms with Gasteiger partial charge >= 0.3 is 0 Å². The maximum Gasteiger partial charge on any atom is 0.238 e. The van der Waals surface area contributed by atoms with E-state index >= 15 is 0 Å².